The molecule has 0 saturated carbocycles. The average Bonchev–Trinajstić information content (AvgIpc) is 2.43. The summed E-state index contributed by atoms with van der Waals surface area (Å²) in [5.41, 5.74) is 6.37. The molecule has 1 aromatic heterocycles. The topological polar surface area (TPSA) is 111 Å². The summed E-state index contributed by atoms with van der Waals surface area (Å²) in [7, 11) is 0. The number of amides is 1. The lowest BCUT2D eigenvalue weighted by atomic mass is 10.1. The molecule has 0 aliphatic heterocycles. The monoisotopic (exact) mass is 306 g/mol. The molecule has 0 unspecified atom stereocenters. The fraction of sp³-hybridized carbons (Fsp3) is 0.0769. The van der Waals surface area contributed by atoms with E-state index in [1.165, 1.54) is 18.3 Å². The van der Waals surface area contributed by atoms with Gasteiger partial charge in [-0.2, -0.15) is 0 Å². The zero-order valence-electron chi connectivity index (χ0n) is 11.0. The van der Waals surface area contributed by atoms with Crippen LogP contribution in [-0.4, -0.2) is 15.8 Å². The molecule has 1 amide bonds. The van der Waals surface area contributed by atoms with Crippen LogP contribution >= 0.6 is 11.6 Å². The Bertz CT molecular complexity index is 733. The van der Waals surface area contributed by atoms with E-state index in [4.69, 9.17) is 17.3 Å². The predicted octanol–water partition coefficient (Wildman–Crippen LogP) is 2.79. The number of aromatic nitrogens is 1. The van der Waals surface area contributed by atoms with Gasteiger partial charge in [-0.25, -0.2) is 4.98 Å². The van der Waals surface area contributed by atoms with Crippen LogP contribution in [0.25, 0.3) is 0 Å². The molecule has 0 aliphatic carbocycles. The minimum absolute atomic E-state index is 0.0758. The zero-order valence-corrected chi connectivity index (χ0v) is 11.7. The molecule has 7 nitrogen and oxygen atoms in total. The van der Waals surface area contributed by atoms with Crippen molar-refractivity contribution in [3.63, 3.8) is 0 Å². The van der Waals surface area contributed by atoms with Gasteiger partial charge in [0.25, 0.3) is 11.6 Å². The van der Waals surface area contributed by atoms with Gasteiger partial charge in [-0.05, 0) is 19.1 Å². The van der Waals surface area contributed by atoms with Crippen molar-refractivity contribution in [2.75, 3.05) is 11.1 Å². The molecule has 0 saturated heterocycles. The van der Waals surface area contributed by atoms with Crippen molar-refractivity contribution in [1.82, 2.24) is 4.98 Å². The summed E-state index contributed by atoms with van der Waals surface area (Å²) in [4.78, 5) is 26.2. The summed E-state index contributed by atoms with van der Waals surface area (Å²) in [6.07, 6.45) is 1.27. The van der Waals surface area contributed by atoms with Crippen LogP contribution in [0, 0.1) is 17.0 Å². The Morgan fingerprint density at radius 2 is 2.14 bits per heavy atom. The number of halogens is 1. The molecule has 1 aromatic carbocycles. The number of hydrogen-bond donors (Lipinski definition) is 2. The fourth-order valence-electron chi connectivity index (χ4n) is 1.71. The number of carbonyl (C=O) groups excluding carboxylic acids is 1. The van der Waals surface area contributed by atoms with Crippen molar-refractivity contribution in [3.05, 3.63) is 56.7 Å². The van der Waals surface area contributed by atoms with E-state index in [1.54, 1.807) is 19.1 Å². The molecule has 0 bridgehead atoms. The highest BCUT2D eigenvalue weighted by atomic mass is 35.5. The van der Waals surface area contributed by atoms with Crippen LogP contribution in [0.1, 0.15) is 15.9 Å². The number of nitro groups is 1. The Hall–Kier alpha value is -2.67. The molecular formula is C13H11ClN4O3. The molecular weight excluding hydrogens is 296 g/mol. The Labute approximate surface area is 124 Å². The standard InChI is InChI=1S/C13H11ClN4O3/c1-7-2-3-8(4-11(7)18(20)21)17-13(19)9-5-12(15)16-6-10(9)14/h2-6H,1H3,(H2,15,16)(H,17,19). The van der Waals surface area contributed by atoms with Gasteiger partial charge in [-0.15, -0.1) is 0 Å². The number of nitrogens with zero attached hydrogens (tertiary/aromatic N) is 2. The second-order valence-corrected chi connectivity index (χ2v) is 4.71. The third-order valence-corrected chi connectivity index (χ3v) is 3.09. The first kappa shape index (κ1) is 14.7. The highest BCUT2D eigenvalue weighted by molar-refractivity contribution is 6.34. The molecule has 8 heteroatoms. The van der Waals surface area contributed by atoms with E-state index >= 15 is 0 Å². The zero-order chi connectivity index (χ0) is 15.6. The molecule has 108 valence electrons. The van der Waals surface area contributed by atoms with E-state index < -0.39 is 10.8 Å². The predicted molar refractivity (Wildman–Crippen MR) is 79.4 cm³/mol. The van der Waals surface area contributed by atoms with Crippen LogP contribution in [-0.2, 0) is 0 Å². The van der Waals surface area contributed by atoms with Crippen LogP contribution in [0.5, 0.6) is 0 Å². The van der Waals surface area contributed by atoms with Crippen molar-refractivity contribution in [3.8, 4) is 0 Å². The second-order valence-electron chi connectivity index (χ2n) is 4.30. The average molecular weight is 307 g/mol. The molecule has 3 N–H and O–H groups in total. The number of aryl methyl sites for hydroxylation is 1. The number of nitrogens with two attached hydrogens (primary N) is 1. The smallest absolute Gasteiger partial charge is 0.274 e. The number of nitrogens with one attached hydrogen (secondary N) is 1. The number of pyridine rings is 1. The molecule has 0 fully saturated rings. The van der Waals surface area contributed by atoms with E-state index in [0.717, 1.165) is 0 Å². The van der Waals surface area contributed by atoms with Crippen molar-refractivity contribution < 1.29 is 9.72 Å². The number of benzene rings is 1. The minimum atomic E-state index is -0.521. The van der Waals surface area contributed by atoms with Gasteiger partial charge in [0.05, 0.1) is 15.5 Å². The fourth-order valence-corrected chi connectivity index (χ4v) is 1.90. The molecule has 0 atom stereocenters. The molecule has 0 aliphatic rings. The lowest BCUT2D eigenvalue weighted by molar-refractivity contribution is -0.385. The highest BCUT2D eigenvalue weighted by Crippen LogP contribution is 2.24. The van der Waals surface area contributed by atoms with Crippen molar-refractivity contribution in [2.45, 2.75) is 6.92 Å². The van der Waals surface area contributed by atoms with Gasteiger partial charge >= 0.3 is 0 Å². The number of anilines is 2. The van der Waals surface area contributed by atoms with E-state index in [1.807, 2.05) is 0 Å². The maximum absolute atomic E-state index is 12.1. The van der Waals surface area contributed by atoms with E-state index in [-0.39, 0.29) is 22.1 Å². The van der Waals surface area contributed by atoms with E-state index in [9.17, 15) is 14.9 Å². The van der Waals surface area contributed by atoms with Crippen molar-refractivity contribution in [1.29, 1.82) is 0 Å². The highest BCUT2D eigenvalue weighted by Gasteiger charge is 2.15. The minimum Gasteiger partial charge on any atom is -0.384 e. The van der Waals surface area contributed by atoms with Gasteiger partial charge in [0.15, 0.2) is 0 Å². The lowest BCUT2D eigenvalue weighted by Gasteiger charge is -2.08. The van der Waals surface area contributed by atoms with Crippen molar-refractivity contribution in [2.24, 2.45) is 0 Å². The number of rotatable bonds is 3. The summed E-state index contributed by atoms with van der Waals surface area (Å²) in [5.74, 6) is -0.369. The van der Waals surface area contributed by atoms with Crippen molar-refractivity contribution >= 4 is 34.7 Å². The third kappa shape index (κ3) is 3.26. The summed E-state index contributed by atoms with van der Waals surface area (Å²) >= 11 is 5.88. The molecule has 2 aromatic rings. The number of nitrogen functional groups attached to an aromatic ring is 1. The molecule has 0 spiro atoms. The molecule has 0 radical (unpaired) electrons. The largest absolute Gasteiger partial charge is 0.384 e. The van der Waals surface area contributed by atoms with Crippen LogP contribution in [0.4, 0.5) is 17.2 Å². The molecule has 1 heterocycles. The van der Waals surface area contributed by atoms with E-state index in [2.05, 4.69) is 10.3 Å². The summed E-state index contributed by atoms with van der Waals surface area (Å²) < 4.78 is 0. The Balaban J connectivity index is 2.29. The van der Waals surface area contributed by atoms with Gasteiger partial charge in [0, 0.05) is 23.5 Å². The molecule has 21 heavy (non-hydrogen) atoms. The maximum Gasteiger partial charge on any atom is 0.274 e. The normalized spacial score (nSPS) is 10.2. The van der Waals surface area contributed by atoms with Crippen LogP contribution in [0.3, 0.4) is 0 Å². The van der Waals surface area contributed by atoms with Gasteiger partial charge in [0.1, 0.15) is 5.82 Å². The van der Waals surface area contributed by atoms with Gasteiger partial charge in [0.2, 0.25) is 0 Å². The number of carbonyl (C=O) groups is 1. The first-order valence-corrected chi connectivity index (χ1v) is 6.23. The third-order valence-electron chi connectivity index (χ3n) is 2.78. The summed E-state index contributed by atoms with van der Waals surface area (Å²) in [5, 5.41) is 13.6. The van der Waals surface area contributed by atoms with Crippen LogP contribution in [0.2, 0.25) is 5.02 Å². The van der Waals surface area contributed by atoms with Gasteiger partial charge in [-0.1, -0.05) is 17.7 Å². The number of hydrogen-bond acceptors (Lipinski definition) is 5. The summed E-state index contributed by atoms with van der Waals surface area (Å²) in [6.45, 7) is 1.62. The van der Waals surface area contributed by atoms with Crippen LogP contribution < -0.4 is 11.1 Å². The second kappa shape index (κ2) is 5.76. The van der Waals surface area contributed by atoms with Gasteiger partial charge in [-0.3, -0.25) is 14.9 Å². The van der Waals surface area contributed by atoms with Crippen LogP contribution in [0.15, 0.2) is 30.5 Å². The lowest BCUT2D eigenvalue weighted by Crippen LogP contribution is -2.13. The quantitative estimate of drug-likeness (QED) is 0.669. The number of nitro benzene ring substituents is 1. The maximum atomic E-state index is 12.1. The first-order valence-electron chi connectivity index (χ1n) is 5.86. The Morgan fingerprint density at radius 1 is 1.43 bits per heavy atom. The van der Waals surface area contributed by atoms with E-state index in [0.29, 0.717) is 11.3 Å². The SMILES string of the molecule is Cc1ccc(NC(=O)c2cc(N)ncc2Cl)cc1[N+](=O)[O-]. The molecule has 2 rings (SSSR count). The first-order chi connectivity index (χ1) is 9.88. The Morgan fingerprint density at radius 3 is 2.81 bits per heavy atom. The van der Waals surface area contributed by atoms with Gasteiger partial charge < -0.3 is 11.1 Å². The summed E-state index contributed by atoms with van der Waals surface area (Å²) in [6, 6.07) is 5.74. The Kier molecular flexibility index (Phi) is 4.04.